The summed E-state index contributed by atoms with van der Waals surface area (Å²) in [6.45, 7) is 4.48. The fourth-order valence-electron chi connectivity index (χ4n) is 1.28. The van der Waals surface area contributed by atoms with E-state index in [1.54, 1.807) is 11.3 Å². The lowest BCUT2D eigenvalue weighted by Crippen LogP contribution is -2.37. The van der Waals surface area contributed by atoms with Crippen LogP contribution in [0.2, 0.25) is 0 Å². The van der Waals surface area contributed by atoms with Gasteiger partial charge in [0.1, 0.15) is 6.04 Å². The minimum atomic E-state index is -0.784. The number of nitrogens with zero attached hydrogens (tertiary/aromatic N) is 1. The molecule has 0 aromatic carbocycles. The van der Waals surface area contributed by atoms with E-state index in [9.17, 15) is 4.79 Å². The zero-order valence-electron chi connectivity index (χ0n) is 8.99. The average Bonchev–Trinajstić information content (AvgIpc) is 2.58. The molecule has 0 radical (unpaired) electrons. The highest BCUT2D eigenvalue weighted by atomic mass is 32.1. The van der Waals surface area contributed by atoms with Gasteiger partial charge in [-0.1, -0.05) is 6.92 Å². The van der Waals surface area contributed by atoms with E-state index in [4.69, 9.17) is 5.11 Å². The summed E-state index contributed by atoms with van der Waals surface area (Å²) in [6, 6.07) is -0.439. The van der Waals surface area contributed by atoms with Gasteiger partial charge in [-0.25, -0.2) is 4.98 Å². The molecule has 1 aromatic rings. The third-order valence-corrected chi connectivity index (χ3v) is 3.13. The number of aryl methyl sites for hydroxylation is 1. The predicted octanol–water partition coefficient (Wildman–Crippen LogP) is 1.45. The van der Waals surface area contributed by atoms with Crippen LogP contribution in [-0.2, 0) is 11.2 Å². The molecule has 0 aliphatic carbocycles. The zero-order chi connectivity index (χ0) is 11.3. The van der Waals surface area contributed by atoms with Crippen LogP contribution in [0.3, 0.4) is 0 Å². The summed E-state index contributed by atoms with van der Waals surface area (Å²) < 4.78 is 0. The lowest BCUT2D eigenvalue weighted by Gasteiger charge is -2.10. The highest BCUT2D eigenvalue weighted by Crippen LogP contribution is 2.08. The number of hydrogen-bond donors (Lipinski definition) is 2. The molecule has 1 unspecified atom stereocenters. The summed E-state index contributed by atoms with van der Waals surface area (Å²) in [5.41, 5.74) is 1.03. The standard InChI is InChI=1S/C10H16N2O2S/c1-3-8(10(13)14)11-5-4-9-12-7(2)6-15-9/h6,8,11H,3-5H2,1-2H3,(H,13,14). The molecule has 2 N–H and O–H groups in total. The molecule has 0 fully saturated rings. The van der Waals surface area contributed by atoms with E-state index in [0.29, 0.717) is 13.0 Å². The largest absolute Gasteiger partial charge is 0.480 e. The first-order chi connectivity index (χ1) is 7.13. The Morgan fingerprint density at radius 3 is 2.93 bits per heavy atom. The number of hydrogen-bond acceptors (Lipinski definition) is 4. The van der Waals surface area contributed by atoms with E-state index >= 15 is 0 Å². The summed E-state index contributed by atoms with van der Waals surface area (Å²) in [5, 5.41) is 14.9. The van der Waals surface area contributed by atoms with E-state index in [1.165, 1.54) is 0 Å². The fourth-order valence-corrected chi connectivity index (χ4v) is 2.05. The third kappa shape index (κ3) is 3.97. The van der Waals surface area contributed by atoms with Gasteiger partial charge in [0.05, 0.1) is 5.01 Å². The van der Waals surface area contributed by atoms with E-state index in [0.717, 1.165) is 17.1 Å². The maximum Gasteiger partial charge on any atom is 0.320 e. The van der Waals surface area contributed by atoms with Crippen LogP contribution in [0.4, 0.5) is 0 Å². The average molecular weight is 228 g/mol. The topological polar surface area (TPSA) is 62.2 Å². The van der Waals surface area contributed by atoms with Crippen molar-refractivity contribution in [2.24, 2.45) is 0 Å². The highest BCUT2D eigenvalue weighted by Gasteiger charge is 2.13. The molecular formula is C10H16N2O2S. The summed E-state index contributed by atoms with van der Waals surface area (Å²) >= 11 is 1.62. The molecule has 0 saturated carbocycles. The molecule has 0 spiro atoms. The molecule has 1 aromatic heterocycles. The van der Waals surface area contributed by atoms with Gasteiger partial charge < -0.3 is 10.4 Å². The van der Waals surface area contributed by atoms with E-state index < -0.39 is 12.0 Å². The number of rotatable bonds is 6. The molecule has 0 amide bonds. The number of carboxylic acid groups (broad SMARTS) is 1. The Balaban J connectivity index is 2.29. The molecule has 5 heteroatoms. The van der Waals surface area contributed by atoms with Gasteiger partial charge in [0.25, 0.3) is 0 Å². The number of nitrogens with one attached hydrogen (secondary N) is 1. The molecule has 15 heavy (non-hydrogen) atoms. The van der Waals surface area contributed by atoms with Crippen molar-refractivity contribution in [1.82, 2.24) is 10.3 Å². The third-order valence-electron chi connectivity index (χ3n) is 2.10. The van der Waals surface area contributed by atoms with Crippen molar-refractivity contribution in [3.63, 3.8) is 0 Å². The summed E-state index contributed by atoms with van der Waals surface area (Å²) in [6.07, 6.45) is 1.40. The number of aliphatic carboxylic acids is 1. The molecule has 4 nitrogen and oxygen atoms in total. The Morgan fingerprint density at radius 1 is 1.73 bits per heavy atom. The van der Waals surface area contributed by atoms with Crippen LogP contribution < -0.4 is 5.32 Å². The quantitative estimate of drug-likeness (QED) is 0.773. The van der Waals surface area contributed by atoms with Gasteiger partial charge in [-0.3, -0.25) is 4.79 Å². The summed E-state index contributed by atoms with van der Waals surface area (Å²) in [5.74, 6) is -0.784. The van der Waals surface area contributed by atoms with Gasteiger partial charge in [0.2, 0.25) is 0 Å². The van der Waals surface area contributed by atoms with Crippen LogP contribution in [0.1, 0.15) is 24.0 Å². The molecule has 0 aliphatic heterocycles. The van der Waals surface area contributed by atoms with Crippen LogP contribution >= 0.6 is 11.3 Å². The monoisotopic (exact) mass is 228 g/mol. The molecule has 0 saturated heterocycles. The van der Waals surface area contributed by atoms with Crippen LogP contribution in [0.5, 0.6) is 0 Å². The van der Waals surface area contributed by atoms with Crippen molar-refractivity contribution >= 4 is 17.3 Å². The molecule has 1 atom stereocenters. The van der Waals surface area contributed by atoms with Crippen LogP contribution in [0, 0.1) is 6.92 Å². The Kier molecular flexibility index (Phi) is 4.71. The van der Waals surface area contributed by atoms with Gasteiger partial charge in [-0.15, -0.1) is 11.3 Å². The van der Waals surface area contributed by atoms with Crippen LogP contribution in [0.25, 0.3) is 0 Å². The van der Waals surface area contributed by atoms with Gasteiger partial charge in [-0.05, 0) is 13.3 Å². The maximum absolute atomic E-state index is 10.7. The maximum atomic E-state index is 10.7. The fraction of sp³-hybridized carbons (Fsp3) is 0.600. The van der Waals surface area contributed by atoms with Gasteiger partial charge >= 0.3 is 5.97 Å². The normalized spacial score (nSPS) is 12.7. The lowest BCUT2D eigenvalue weighted by molar-refractivity contribution is -0.139. The van der Waals surface area contributed by atoms with Crippen LogP contribution in [0.15, 0.2) is 5.38 Å². The minimum absolute atomic E-state index is 0.439. The van der Waals surface area contributed by atoms with E-state index in [1.807, 2.05) is 19.2 Å². The molecular weight excluding hydrogens is 212 g/mol. The number of carboxylic acids is 1. The van der Waals surface area contributed by atoms with Crippen molar-refractivity contribution in [2.75, 3.05) is 6.54 Å². The first-order valence-electron chi connectivity index (χ1n) is 5.00. The lowest BCUT2D eigenvalue weighted by atomic mass is 10.2. The predicted molar refractivity (Wildman–Crippen MR) is 60.3 cm³/mol. The van der Waals surface area contributed by atoms with Crippen LogP contribution in [-0.4, -0.2) is 28.6 Å². The number of carbonyl (C=O) groups is 1. The Morgan fingerprint density at radius 2 is 2.47 bits per heavy atom. The van der Waals surface area contributed by atoms with E-state index in [2.05, 4.69) is 10.3 Å². The molecule has 84 valence electrons. The summed E-state index contributed by atoms with van der Waals surface area (Å²) in [7, 11) is 0. The smallest absolute Gasteiger partial charge is 0.320 e. The Bertz CT molecular complexity index is 325. The second kappa shape index (κ2) is 5.82. The van der Waals surface area contributed by atoms with Crippen molar-refractivity contribution in [2.45, 2.75) is 32.7 Å². The first kappa shape index (κ1) is 12.1. The zero-order valence-corrected chi connectivity index (χ0v) is 9.80. The van der Waals surface area contributed by atoms with Gasteiger partial charge in [0, 0.05) is 24.0 Å². The van der Waals surface area contributed by atoms with Crippen molar-refractivity contribution < 1.29 is 9.90 Å². The van der Waals surface area contributed by atoms with E-state index in [-0.39, 0.29) is 0 Å². The second-order valence-corrected chi connectivity index (χ2v) is 4.33. The number of aromatic nitrogens is 1. The Labute approximate surface area is 93.4 Å². The molecule has 1 heterocycles. The van der Waals surface area contributed by atoms with Crippen molar-refractivity contribution in [3.05, 3.63) is 16.1 Å². The Hall–Kier alpha value is -0.940. The van der Waals surface area contributed by atoms with Gasteiger partial charge in [-0.2, -0.15) is 0 Å². The number of thiazole rings is 1. The highest BCUT2D eigenvalue weighted by molar-refractivity contribution is 7.09. The van der Waals surface area contributed by atoms with Gasteiger partial charge in [0.15, 0.2) is 0 Å². The molecule has 1 rings (SSSR count). The molecule has 0 aliphatic rings. The first-order valence-corrected chi connectivity index (χ1v) is 5.88. The summed E-state index contributed by atoms with van der Waals surface area (Å²) in [4.78, 5) is 15.0. The minimum Gasteiger partial charge on any atom is -0.480 e. The molecule has 0 bridgehead atoms. The van der Waals surface area contributed by atoms with Crippen molar-refractivity contribution in [1.29, 1.82) is 0 Å². The second-order valence-electron chi connectivity index (χ2n) is 3.39. The SMILES string of the molecule is CCC(NCCc1nc(C)cs1)C(=O)O. The van der Waals surface area contributed by atoms with Crippen molar-refractivity contribution in [3.8, 4) is 0 Å².